The Balaban J connectivity index is 1.49. The lowest BCUT2D eigenvalue weighted by Gasteiger charge is -2.24. The van der Waals surface area contributed by atoms with Gasteiger partial charge in [-0.05, 0) is 48.2 Å². The first-order chi connectivity index (χ1) is 12.3. The summed E-state index contributed by atoms with van der Waals surface area (Å²) in [5.41, 5.74) is 2.53. The quantitative estimate of drug-likeness (QED) is 0.757. The van der Waals surface area contributed by atoms with Crippen LogP contribution in [0.2, 0.25) is 0 Å². The monoisotopic (exact) mass is 336 g/mol. The van der Waals surface area contributed by atoms with Crippen LogP contribution in [0.5, 0.6) is 0 Å². The molecule has 0 saturated carbocycles. The van der Waals surface area contributed by atoms with Gasteiger partial charge in [-0.2, -0.15) is 0 Å². The van der Waals surface area contributed by atoms with Crippen LogP contribution >= 0.6 is 0 Å². The number of fused-ring (bicyclic) bond motifs is 1. The second-order valence-electron chi connectivity index (χ2n) is 6.25. The first-order valence-corrected chi connectivity index (χ1v) is 8.47. The summed E-state index contributed by atoms with van der Waals surface area (Å²) in [6.45, 7) is 0.793. The zero-order chi connectivity index (χ0) is 17.1. The van der Waals surface area contributed by atoms with Gasteiger partial charge in [0.25, 0.3) is 0 Å². The number of benzene rings is 1. The summed E-state index contributed by atoms with van der Waals surface area (Å²) in [5.74, 6) is 1.49. The molecule has 3 aromatic rings. The predicted octanol–water partition coefficient (Wildman–Crippen LogP) is 4.27. The number of nitrogens with one attached hydrogen (secondary N) is 1. The Hall–Kier alpha value is -2.95. The summed E-state index contributed by atoms with van der Waals surface area (Å²) in [5, 5.41) is 3.16. The Morgan fingerprint density at radius 1 is 1.00 bits per heavy atom. The molecule has 1 aromatic carbocycles. The van der Waals surface area contributed by atoms with E-state index in [1.807, 2.05) is 36.4 Å². The minimum atomic E-state index is -0.116. The van der Waals surface area contributed by atoms with Crippen LogP contribution in [0.3, 0.4) is 0 Å². The molecule has 0 fully saturated rings. The molecule has 4 rings (SSSR count). The molecule has 2 aromatic heterocycles. The van der Waals surface area contributed by atoms with Crippen LogP contribution in [0.15, 0.2) is 69.9 Å². The average Bonchev–Trinajstić information content (AvgIpc) is 3.37. The molecule has 1 unspecified atom stereocenters. The van der Waals surface area contributed by atoms with Crippen LogP contribution in [0.25, 0.3) is 0 Å². The van der Waals surface area contributed by atoms with E-state index in [4.69, 9.17) is 8.83 Å². The minimum Gasteiger partial charge on any atom is -0.467 e. The van der Waals surface area contributed by atoms with Crippen LogP contribution in [-0.4, -0.2) is 10.9 Å². The first-order valence-electron chi connectivity index (χ1n) is 8.47. The summed E-state index contributed by atoms with van der Waals surface area (Å²) in [6.07, 6.45) is 5.16. The van der Waals surface area contributed by atoms with Crippen molar-refractivity contribution >= 4 is 6.03 Å². The molecule has 5 heteroatoms. The molecule has 1 atom stereocenters. The van der Waals surface area contributed by atoms with Gasteiger partial charge in [-0.3, -0.25) is 0 Å². The number of amides is 2. The number of nitrogens with zero attached hydrogens (tertiary/aromatic N) is 1. The maximum Gasteiger partial charge on any atom is 0.318 e. The summed E-state index contributed by atoms with van der Waals surface area (Å²) < 4.78 is 10.8. The molecule has 1 N–H and O–H groups in total. The van der Waals surface area contributed by atoms with Gasteiger partial charge >= 0.3 is 6.03 Å². The van der Waals surface area contributed by atoms with Crippen molar-refractivity contribution in [2.45, 2.75) is 32.0 Å². The number of furan rings is 2. The van der Waals surface area contributed by atoms with E-state index in [0.717, 1.165) is 24.4 Å². The highest BCUT2D eigenvalue weighted by Gasteiger charge is 2.26. The Labute approximate surface area is 146 Å². The van der Waals surface area contributed by atoms with Crippen LogP contribution in [0.1, 0.15) is 35.1 Å². The highest BCUT2D eigenvalue weighted by Crippen LogP contribution is 2.31. The maximum absolute atomic E-state index is 12.9. The number of aryl methyl sites for hydroxylation is 1. The van der Waals surface area contributed by atoms with E-state index >= 15 is 0 Å². The molecule has 1 aliphatic carbocycles. The Morgan fingerprint density at radius 2 is 1.68 bits per heavy atom. The van der Waals surface area contributed by atoms with Gasteiger partial charge in [0, 0.05) is 0 Å². The number of carbonyl (C=O) groups is 1. The van der Waals surface area contributed by atoms with Gasteiger partial charge < -0.3 is 19.1 Å². The molecule has 1 aliphatic rings. The second-order valence-corrected chi connectivity index (χ2v) is 6.25. The summed E-state index contributed by atoms with van der Waals surface area (Å²) in [6, 6.07) is 15.6. The number of urea groups is 1. The van der Waals surface area contributed by atoms with Crippen molar-refractivity contribution in [3.63, 3.8) is 0 Å². The largest absolute Gasteiger partial charge is 0.467 e. The molecular formula is C20H20N2O3. The predicted molar refractivity (Wildman–Crippen MR) is 92.7 cm³/mol. The van der Waals surface area contributed by atoms with Gasteiger partial charge in [-0.1, -0.05) is 24.3 Å². The maximum atomic E-state index is 12.9. The number of carbonyl (C=O) groups excluding carboxylic acids is 1. The van der Waals surface area contributed by atoms with Crippen molar-refractivity contribution in [1.29, 1.82) is 0 Å². The van der Waals surface area contributed by atoms with E-state index in [-0.39, 0.29) is 12.1 Å². The van der Waals surface area contributed by atoms with Crippen molar-refractivity contribution in [2.24, 2.45) is 0 Å². The van der Waals surface area contributed by atoms with Crippen LogP contribution in [-0.2, 0) is 19.5 Å². The van der Waals surface area contributed by atoms with Crippen molar-refractivity contribution in [3.8, 4) is 0 Å². The second kappa shape index (κ2) is 6.89. The van der Waals surface area contributed by atoms with E-state index < -0.39 is 0 Å². The smallest absolute Gasteiger partial charge is 0.318 e. The van der Waals surface area contributed by atoms with Gasteiger partial charge in [0.1, 0.15) is 11.5 Å². The molecule has 0 spiro atoms. The van der Waals surface area contributed by atoms with E-state index in [2.05, 4.69) is 17.4 Å². The highest BCUT2D eigenvalue weighted by atomic mass is 16.3. The lowest BCUT2D eigenvalue weighted by molar-refractivity contribution is 0.178. The van der Waals surface area contributed by atoms with Crippen LogP contribution in [0, 0.1) is 0 Å². The minimum absolute atomic E-state index is 0.0550. The van der Waals surface area contributed by atoms with E-state index in [1.165, 1.54) is 11.1 Å². The van der Waals surface area contributed by atoms with Gasteiger partial charge in [0.05, 0.1) is 31.7 Å². The number of hydrogen-bond donors (Lipinski definition) is 1. The molecule has 5 nitrogen and oxygen atoms in total. The van der Waals surface area contributed by atoms with Crippen molar-refractivity contribution in [2.75, 3.05) is 0 Å². The third-order valence-electron chi connectivity index (χ3n) is 4.57. The molecule has 2 amide bonds. The fourth-order valence-electron chi connectivity index (χ4n) is 3.33. The summed E-state index contributed by atoms with van der Waals surface area (Å²) in [7, 11) is 0. The topological polar surface area (TPSA) is 58.6 Å². The normalized spacial score (nSPS) is 15.8. The number of rotatable bonds is 5. The lowest BCUT2D eigenvalue weighted by Crippen LogP contribution is -2.40. The average molecular weight is 336 g/mol. The van der Waals surface area contributed by atoms with Crippen LogP contribution in [0.4, 0.5) is 4.79 Å². The fourth-order valence-corrected chi connectivity index (χ4v) is 3.33. The number of hydrogen-bond acceptors (Lipinski definition) is 3. The van der Waals surface area contributed by atoms with E-state index in [0.29, 0.717) is 13.1 Å². The molecule has 0 bridgehead atoms. The third-order valence-corrected chi connectivity index (χ3v) is 4.57. The third kappa shape index (κ3) is 3.45. The first kappa shape index (κ1) is 15.6. The molecule has 0 aliphatic heterocycles. The van der Waals surface area contributed by atoms with Crippen molar-refractivity contribution in [1.82, 2.24) is 10.2 Å². The molecule has 128 valence electrons. The molecule has 25 heavy (non-hydrogen) atoms. The molecule has 0 saturated heterocycles. The molecule has 0 radical (unpaired) electrons. The Bertz CT molecular complexity index is 788. The molecule has 2 heterocycles. The Morgan fingerprint density at radius 3 is 2.32 bits per heavy atom. The van der Waals surface area contributed by atoms with E-state index in [9.17, 15) is 4.79 Å². The zero-order valence-electron chi connectivity index (χ0n) is 13.9. The van der Waals surface area contributed by atoms with Crippen LogP contribution < -0.4 is 5.32 Å². The van der Waals surface area contributed by atoms with Gasteiger partial charge in [0.15, 0.2) is 0 Å². The Kier molecular flexibility index (Phi) is 4.29. The van der Waals surface area contributed by atoms with Gasteiger partial charge in [-0.25, -0.2) is 4.79 Å². The fraction of sp³-hybridized carbons (Fsp3) is 0.250. The van der Waals surface area contributed by atoms with Gasteiger partial charge in [-0.15, -0.1) is 0 Å². The summed E-state index contributed by atoms with van der Waals surface area (Å²) >= 11 is 0. The van der Waals surface area contributed by atoms with Crippen molar-refractivity contribution in [3.05, 3.63) is 83.7 Å². The summed E-state index contributed by atoms with van der Waals surface area (Å²) in [4.78, 5) is 14.6. The highest BCUT2D eigenvalue weighted by molar-refractivity contribution is 5.75. The zero-order valence-corrected chi connectivity index (χ0v) is 13.9. The standard InChI is InChI=1S/C20H20N2O3/c23-20(21-19-10-9-15-5-1-2-8-18(15)19)22(13-16-6-3-11-24-16)14-17-7-4-12-25-17/h1-8,11-12,19H,9-10,13-14H2,(H,21,23). The van der Waals surface area contributed by atoms with Gasteiger partial charge in [0.2, 0.25) is 0 Å². The van der Waals surface area contributed by atoms with Crippen molar-refractivity contribution < 1.29 is 13.6 Å². The molecular weight excluding hydrogens is 316 g/mol. The van der Waals surface area contributed by atoms with E-state index in [1.54, 1.807) is 17.4 Å². The lowest BCUT2D eigenvalue weighted by atomic mass is 10.1. The SMILES string of the molecule is O=C(NC1CCc2ccccc21)N(Cc1ccco1)Cc1ccco1.